The van der Waals surface area contributed by atoms with Gasteiger partial charge >= 0.3 is 12.0 Å². The van der Waals surface area contributed by atoms with Crippen molar-refractivity contribution in [3.8, 4) is 0 Å². The van der Waals surface area contributed by atoms with E-state index < -0.39 is 12.1 Å². The van der Waals surface area contributed by atoms with E-state index in [1.54, 1.807) is 18.9 Å². The molecule has 1 fully saturated rings. The SMILES string of the molecule is CC(O)CN(C)C(=O)N(CCC(=O)O)C1CC1. The number of nitrogens with zero attached hydrogens (tertiary/aromatic N) is 2. The largest absolute Gasteiger partial charge is 0.481 e. The smallest absolute Gasteiger partial charge is 0.320 e. The van der Waals surface area contributed by atoms with E-state index in [2.05, 4.69) is 0 Å². The third-order valence-electron chi connectivity index (χ3n) is 2.66. The molecule has 1 saturated carbocycles. The van der Waals surface area contributed by atoms with Crippen LogP contribution in [0.4, 0.5) is 4.79 Å². The van der Waals surface area contributed by atoms with Gasteiger partial charge in [0.25, 0.3) is 0 Å². The average Bonchev–Trinajstić information content (AvgIpc) is 3.00. The fourth-order valence-electron chi connectivity index (χ4n) is 1.73. The van der Waals surface area contributed by atoms with Gasteiger partial charge in [0.1, 0.15) is 0 Å². The van der Waals surface area contributed by atoms with Crippen LogP contribution in [-0.4, -0.2) is 64.3 Å². The zero-order valence-electron chi connectivity index (χ0n) is 10.3. The van der Waals surface area contributed by atoms with Gasteiger partial charge in [0, 0.05) is 26.2 Å². The molecule has 0 aliphatic heterocycles. The molecule has 0 aromatic carbocycles. The molecule has 1 aliphatic rings. The topological polar surface area (TPSA) is 81.1 Å². The summed E-state index contributed by atoms with van der Waals surface area (Å²) in [5, 5.41) is 17.9. The first-order valence-corrected chi connectivity index (χ1v) is 5.83. The lowest BCUT2D eigenvalue weighted by Gasteiger charge is -2.28. The molecule has 1 rings (SSSR count). The van der Waals surface area contributed by atoms with E-state index in [-0.39, 0.29) is 31.6 Å². The first kappa shape index (κ1) is 13.8. The number of carboxylic acid groups (broad SMARTS) is 1. The molecule has 1 unspecified atom stereocenters. The van der Waals surface area contributed by atoms with Gasteiger partial charge in [0.2, 0.25) is 0 Å². The summed E-state index contributed by atoms with van der Waals surface area (Å²) in [6.45, 7) is 2.11. The molecule has 6 nitrogen and oxygen atoms in total. The number of carbonyl (C=O) groups is 2. The molecule has 6 heteroatoms. The van der Waals surface area contributed by atoms with E-state index in [9.17, 15) is 14.7 Å². The maximum atomic E-state index is 12.0. The van der Waals surface area contributed by atoms with Gasteiger partial charge in [-0.25, -0.2) is 4.79 Å². The maximum absolute atomic E-state index is 12.0. The van der Waals surface area contributed by atoms with Crippen LogP contribution in [0.5, 0.6) is 0 Å². The maximum Gasteiger partial charge on any atom is 0.320 e. The van der Waals surface area contributed by atoms with Gasteiger partial charge in [0.15, 0.2) is 0 Å². The first-order chi connectivity index (χ1) is 7.91. The molecule has 1 aliphatic carbocycles. The lowest BCUT2D eigenvalue weighted by atomic mass is 10.3. The van der Waals surface area contributed by atoms with Crippen molar-refractivity contribution in [1.29, 1.82) is 0 Å². The first-order valence-electron chi connectivity index (χ1n) is 5.83. The van der Waals surface area contributed by atoms with Crippen LogP contribution in [0.25, 0.3) is 0 Å². The summed E-state index contributed by atoms with van der Waals surface area (Å²) in [4.78, 5) is 25.6. The van der Waals surface area contributed by atoms with E-state index in [1.807, 2.05) is 0 Å². The third-order valence-corrected chi connectivity index (χ3v) is 2.66. The standard InChI is InChI=1S/C11H20N2O4/c1-8(14)7-12(2)11(17)13(9-3-4-9)6-5-10(15)16/h8-9,14H,3-7H2,1-2H3,(H,15,16). The molecule has 0 radical (unpaired) electrons. The minimum atomic E-state index is -0.901. The van der Waals surface area contributed by atoms with Crippen LogP contribution < -0.4 is 0 Å². The second-order valence-electron chi connectivity index (χ2n) is 4.58. The molecule has 0 aromatic heterocycles. The minimum absolute atomic E-state index is 0.0369. The molecule has 2 N–H and O–H groups in total. The Hall–Kier alpha value is -1.30. The fourth-order valence-corrected chi connectivity index (χ4v) is 1.73. The number of aliphatic hydroxyl groups is 1. The lowest BCUT2D eigenvalue weighted by molar-refractivity contribution is -0.137. The van der Waals surface area contributed by atoms with Crippen LogP contribution in [-0.2, 0) is 4.79 Å². The van der Waals surface area contributed by atoms with Crippen LogP contribution in [0.1, 0.15) is 26.2 Å². The Bertz CT molecular complexity index is 289. The molecule has 0 bridgehead atoms. The number of amides is 2. The molecule has 0 heterocycles. The van der Waals surface area contributed by atoms with E-state index in [1.165, 1.54) is 4.90 Å². The molecule has 17 heavy (non-hydrogen) atoms. The Morgan fingerprint density at radius 1 is 1.41 bits per heavy atom. The van der Waals surface area contributed by atoms with Crippen molar-refractivity contribution in [2.24, 2.45) is 0 Å². The summed E-state index contributed by atoms with van der Waals surface area (Å²) in [5.41, 5.74) is 0. The summed E-state index contributed by atoms with van der Waals surface area (Å²) < 4.78 is 0. The average molecular weight is 244 g/mol. The van der Waals surface area contributed by atoms with Crippen molar-refractivity contribution >= 4 is 12.0 Å². The lowest BCUT2D eigenvalue weighted by Crippen LogP contribution is -2.45. The van der Waals surface area contributed by atoms with Crippen LogP contribution in [0.2, 0.25) is 0 Å². The van der Waals surface area contributed by atoms with Gasteiger partial charge in [-0.3, -0.25) is 4.79 Å². The van der Waals surface area contributed by atoms with Crippen LogP contribution >= 0.6 is 0 Å². The van der Waals surface area contributed by atoms with Gasteiger partial charge < -0.3 is 20.0 Å². The summed E-state index contributed by atoms with van der Waals surface area (Å²) in [6.07, 6.45) is 1.26. The van der Waals surface area contributed by atoms with Crippen molar-refractivity contribution in [2.45, 2.75) is 38.3 Å². The van der Waals surface area contributed by atoms with E-state index >= 15 is 0 Å². The number of carbonyl (C=O) groups excluding carboxylic acids is 1. The highest BCUT2D eigenvalue weighted by atomic mass is 16.4. The van der Waals surface area contributed by atoms with Gasteiger partial charge in [-0.15, -0.1) is 0 Å². The zero-order valence-corrected chi connectivity index (χ0v) is 10.3. The predicted molar refractivity (Wildman–Crippen MR) is 61.7 cm³/mol. The normalized spacial score (nSPS) is 16.4. The molecular formula is C11H20N2O4. The van der Waals surface area contributed by atoms with Gasteiger partial charge in [0.05, 0.1) is 12.5 Å². The quantitative estimate of drug-likeness (QED) is 0.706. The molecule has 0 spiro atoms. The fraction of sp³-hybridized carbons (Fsp3) is 0.818. The highest BCUT2D eigenvalue weighted by molar-refractivity contribution is 5.76. The van der Waals surface area contributed by atoms with Gasteiger partial charge in [-0.1, -0.05) is 0 Å². The Morgan fingerprint density at radius 3 is 2.41 bits per heavy atom. The monoisotopic (exact) mass is 244 g/mol. The molecule has 1 atom stereocenters. The molecule has 2 amide bonds. The highest BCUT2D eigenvalue weighted by Crippen LogP contribution is 2.27. The van der Waals surface area contributed by atoms with E-state index in [0.717, 1.165) is 12.8 Å². The summed E-state index contributed by atoms with van der Waals surface area (Å²) >= 11 is 0. The Labute approximate surface area is 101 Å². The Balaban J connectivity index is 2.51. The number of urea groups is 1. The number of likely N-dealkylation sites (N-methyl/N-ethyl adjacent to an activating group) is 1. The van der Waals surface area contributed by atoms with Crippen molar-refractivity contribution in [3.05, 3.63) is 0 Å². The van der Waals surface area contributed by atoms with Crippen molar-refractivity contribution in [1.82, 2.24) is 9.80 Å². The molecule has 0 saturated heterocycles. The number of carboxylic acids is 1. The minimum Gasteiger partial charge on any atom is -0.481 e. The van der Waals surface area contributed by atoms with E-state index in [0.29, 0.717) is 0 Å². The summed E-state index contributed by atoms with van der Waals surface area (Å²) in [7, 11) is 1.62. The summed E-state index contributed by atoms with van der Waals surface area (Å²) in [5.74, 6) is -0.901. The second kappa shape index (κ2) is 5.86. The van der Waals surface area contributed by atoms with Crippen LogP contribution in [0.15, 0.2) is 0 Å². The van der Waals surface area contributed by atoms with Gasteiger partial charge in [-0.05, 0) is 19.8 Å². The number of aliphatic carboxylic acids is 1. The molecule has 0 aromatic rings. The second-order valence-corrected chi connectivity index (χ2v) is 4.58. The van der Waals surface area contributed by atoms with Crippen LogP contribution in [0, 0.1) is 0 Å². The Morgan fingerprint density at radius 2 is 2.00 bits per heavy atom. The molecular weight excluding hydrogens is 224 g/mol. The molecule has 98 valence electrons. The van der Waals surface area contributed by atoms with E-state index in [4.69, 9.17) is 5.11 Å². The van der Waals surface area contributed by atoms with Crippen molar-refractivity contribution in [2.75, 3.05) is 20.1 Å². The zero-order chi connectivity index (χ0) is 13.0. The van der Waals surface area contributed by atoms with Crippen LogP contribution in [0.3, 0.4) is 0 Å². The highest BCUT2D eigenvalue weighted by Gasteiger charge is 2.34. The van der Waals surface area contributed by atoms with Gasteiger partial charge in [-0.2, -0.15) is 0 Å². The predicted octanol–water partition coefficient (Wildman–Crippen LogP) is 0.358. The number of rotatable bonds is 6. The van der Waals surface area contributed by atoms with Crippen molar-refractivity contribution in [3.63, 3.8) is 0 Å². The number of aliphatic hydroxyl groups excluding tert-OH is 1. The number of hydrogen-bond acceptors (Lipinski definition) is 3. The Kier molecular flexibility index (Phi) is 4.74. The third kappa shape index (κ3) is 4.60. The van der Waals surface area contributed by atoms with Crippen molar-refractivity contribution < 1.29 is 19.8 Å². The number of hydrogen-bond donors (Lipinski definition) is 2. The summed E-state index contributed by atoms with van der Waals surface area (Å²) in [6, 6.07) is -0.0204.